The zero-order valence-electron chi connectivity index (χ0n) is 14.1. The first-order valence-corrected chi connectivity index (χ1v) is 8.45. The summed E-state index contributed by atoms with van der Waals surface area (Å²) in [5.74, 6) is -2.21. The van der Waals surface area contributed by atoms with Crippen molar-refractivity contribution in [1.82, 2.24) is 10.9 Å². The van der Waals surface area contributed by atoms with Gasteiger partial charge in [-0.25, -0.2) is 0 Å². The van der Waals surface area contributed by atoms with Gasteiger partial charge in [-0.05, 0) is 24.3 Å². The number of nitro benzene ring substituents is 1. The number of carbonyl (C=O) groups excluding carboxylic acids is 3. The lowest BCUT2D eigenvalue weighted by atomic mass is 10.1. The van der Waals surface area contributed by atoms with E-state index in [1.165, 1.54) is 12.1 Å². The van der Waals surface area contributed by atoms with E-state index in [4.69, 9.17) is 27.9 Å². The fourth-order valence-electron chi connectivity index (χ4n) is 2.01. The molecule has 0 atom stereocenters. The quantitative estimate of drug-likeness (QED) is 0.415. The van der Waals surface area contributed by atoms with Crippen molar-refractivity contribution in [2.45, 2.75) is 6.42 Å². The molecule has 0 unspecified atom stereocenters. The third-order valence-electron chi connectivity index (χ3n) is 3.40. The number of halogens is 2. The van der Waals surface area contributed by atoms with Gasteiger partial charge in [0.15, 0.2) is 6.61 Å². The maximum atomic E-state index is 11.9. The van der Waals surface area contributed by atoms with Gasteiger partial charge < -0.3 is 4.74 Å². The first-order chi connectivity index (χ1) is 13.3. The predicted molar refractivity (Wildman–Crippen MR) is 99.8 cm³/mol. The number of nitro groups is 1. The van der Waals surface area contributed by atoms with E-state index in [1.807, 2.05) is 0 Å². The molecule has 0 radical (unpaired) electrons. The molecule has 2 amide bonds. The van der Waals surface area contributed by atoms with Gasteiger partial charge >= 0.3 is 5.97 Å². The topological polar surface area (TPSA) is 128 Å². The van der Waals surface area contributed by atoms with E-state index in [9.17, 15) is 24.5 Å². The minimum atomic E-state index is -0.783. The number of ether oxygens (including phenoxy) is 1. The van der Waals surface area contributed by atoms with Gasteiger partial charge in [0.05, 0.1) is 11.3 Å². The van der Waals surface area contributed by atoms with Crippen molar-refractivity contribution in [2.75, 3.05) is 6.61 Å². The van der Waals surface area contributed by atoms with E-state index in [-0.39, 0.29) is 17.7 Å². The van der Waals surface area contributed by atoms with E-state index in [2.05, 4.69) is 10.9 Å². The number of carbonyl (C=O) groups is 3. The first kappa shape index (κ1) is 21.1. The molecule has 0 aliphatic carbocycles. The number of hydrogen-bond donors (Lipinski definition) is 2. The average Bonchev–Trinajstić information content (AvgIpc) is 2.67. The number of non-ortho nitro benzene ring substituents is 1. The molecule has 0 saturated heterocycles. The van der Waals surface area contributed by atoms with Gasteiger partial charge in [-0.2, -0.15) is 0 Å². The number of rotatable bonds is 6. The van der Waals surface area contributed by atoms with Crippen LogP contribution in [0.1, 0.15) is 15.9 Å². The molecule has 0 saturated carbocycles. The molecule has 0 aliphatic rings. The largest absolute Gasteiger partial charge is 0.455 e. The highest BCUT2D eigenvalue weighted by Gasteiger charge is 2.14. The van der Waals surface area contributed by atoms with E-state index in [0.29, 0.717) is 15.6 Å². The lowest BCUT2D eigenvalue weighted by Gasteiger charge is -2.09. The second kappa shape index (κ2) is 9.67. The predicted octanol–water partition coefficient (Wildman–Crippen LogP) is 2.45. The summed E-state index contributed by atoms with van der Waals surface area (Å²) in [6.45, 7) is -0.637. The Morgan fingerprint density at radius 1 is 1.00 bits per heavy atom. The monoisotopic (exact) mass is 425 g/mol. The van der Waals surface area contributed by atoms with Crippen LogP contribution < -0.4 is 10.9 Å². The molecule has 2 N–H and O–H groups in total. The van der Waals surface area contributed by atoms with E-state index >= 15 is 0 Å². The third-order valence-corrected chi connectivity index (χ3v) is 4.11. The molecule has 9 nitrogen and oxygen atoms in total. The second-order valence-electron chi connectivity index (χ2n) is 5.34. The number of nitrogens with one attached hydrogen (secondary N) is 2. The maximum absolute atomic E-state index is 11.9. The third kappa shape index (κ3) is 5.93. The lowest BCUT2D eigenvalue weighted by Crippen LogP contribution is -2.43. The Balaban J connectivity index is 1.78. The Bertz CT molecular complexity index is 897. The number of hydrogen-bond acceptors (Lipinski definition) is 6. The van der Waals surface area contributed by atoms with Crippen molar-refractivity contribution >= 4 is 46.7 Å². The van der Waals surface area contributed by atoms with Crippen LogP contribution in [0.4, 0.5) is 5.69 Å². The molecule has 0 heterocycles. The van der Waals surface area contributed by atoms with Crippen LogP contribution in [0.15, 0.2) is 42.5 Å². The summed E-state index contributed by atoms with van der Waals surface area (Å²) in [6, 6.07) is 9.52. The Morgan fingerprint density at radius 3 is 2.18 bits per heavy atom. The van der Waals surface area contributed by atoms with Crippen molar-refractivity contribution in [3.63, 3.8) is 0 Å². The van der Waals surface area contributed by atoms with Crippen LogP contribution in [0, 0.1) is 10.1 Å². The van der Waals surface area contributed by atoms with Crippen molar-refractivity contribution in [1.29, 1.82) is 0 Å². The number of esters is 1. The normalized spacial score (nSPS) is 10.1. The molecular formula is C17H13Cl2N3O6. The van der Waals surface area contributed by atoms with Crippen LogP contribution >= 0.6 is 23.2 Å². The summed E-state index contributed by atoms with van der Waals surface area (Å²) >= 11 is 11.9. The zero-order chi connectivity index (χ0) is 20.7. The van der Waals surface area contributed by atoms with Gasteiger partial charge in [0.25, 0.3) is 17.5 Å². The fraction of sp³-hybridized carbons (Fsp3) is 0.118. The number of nitrogens with zero attached hydrogens (tertiary/aromatic N) is 1. The minimum absolute atomic E-state index is 0.0938. The standard InChI is InChI=1S/C17H13Cl2N3O6/c18-13-2-1-3-14(19)12(13)8-16(24)28-9-15(23)20-21-17(25)10-4-6-11(7-5-10)22(26)27/h1-7H,8-9H2,(H,20,23)(H,21,25). The van der Waals surface area contributed by atoms with E-state index in [0.717, 1.165) is 12.1 Å². The minimum Gasteiger partial charge on any atom is -0.455 e. The Hall–Kier alpha value is -3.17. The second-order valence-corrected chi connectivity index (χ2v) is 6.16. The summed E-state index contributed by atoms with van der Waals surface area (Å²) in [5.41, 5.74) is 4.45. The molecule has 2 rings (SSSR count). The van der Waals surface area contributed by atoms with Crippen LogP contribution in [0.3, 0.4) is 0 Å². The first-order valence-electron chi connectivity index (χ1n) is 7.70. The van der Waals surface area contributed by atoms with E-state index in [1.54, 1.807) is 18.2 Å². The van der Waals surface area contributed by atoms with Crippen LogP contribution in [0.5, 0.6) is 0 Å². The van der Waals surface area contributed by atoms with Crippen LogP contribution in [0.2, 0.25) is 10.0 Å². The summed E-state index contributed by atoms with van der Waals surface area (Å²) in [4.78, 5) is 45.3. The Labute approximate surface area is 168 Å². The maximum Gasteiger partial charge on any atom is 0.310 e. The smallest absolute Gasteiger partial charge is 0.310 e. The summed E-state index contributed by atoms with van der Waals surface area (Å²) < 4.78 is 4.80. The zero-order valence-corrected chi connectivity index (χ0v) is 15.6. The Morgan fingerprint density at radius 2 is 1.61 bits per heavy atom. The van der Waals surface area contributed by atoms with Crippen molar-refractivity contribution in [3.05, 3.63) is 73.8 Å². The van der Waals surface area contributed by atoms with E-state index < -0.39 is 29.3 Å². The summed E-state index contributed by atoms with van der Waals surface area (Å²) in [5, 5.41) is 11.2. The fourth-order valence-corrected chi connectivity index (χ4v) is 2.54. The lowest BCUT2D eigenvalue weighted by molar-refractivity contribution is -0.384. The van der Waals surface area contributed by atoms with Gasteiger partial charge in [-0.1, -0.05) is 29.3 Å². The van der Waals surface area contributed by atoms with Gasteiger partial charge in [-0.15, -0.1) is 0 Å². The molecule has 28 heavy (non-hydrogen) atoms. The van der Waals surface area contributed by atoms with Crippen molar-refractivity contribution in [2.24, 2.45) is 0 Å². The molecular weight excluding hydrogens is 413 g/mol. The van der Waals surface area contributed by atoms with Gasteiger partial charge in [0.1, 0.15) is 0 Å². The highest BCUT2D eigenvalue weighted by Crippen LogP contribution is 2.24. The molecule has 0 aromatic heterocycles. The molecule has 2 aromatic rings. The SMILES string of the molecule is O=C(COC(=O)Cc1c(Cl)cccc1Cl)NNC(=O)c1ccc([N+](=O)[O-])cc1. The van der Waals surface area contributed by atoms with Crippen molar-refractivity contribution in [3.8, 4) is 0 Å². The highest BCUT2D eigenvalue weighted by atomic mass is 35.5. The molecule has 0 spiro atoms. The molecule has 0 fully saturated rings. The van der Waals surface area contributed by atoms with Gasteiger partial charge in [0.2, 0.25) is 0 Å². The molecule has 0 aliphatic heterocycles. The van der Waals surface area contributed by atoms with Crippen LogP contribution in [0.25, 0.3) is 0 Å². The number of benzene rings is 2. The number of hydrazine groups is 1. The van der Waals surface area contributed by atoms with Crippen molar-refractivity contribution < 1.29 is 24.0 Å². The van der Waals surface area contributed by atoms with Gasteiger partial charge in [0, 0.05) is 33.3 Å². The molecule has 11 heteroatoms. The van der Waals surface area contributed by atoms with Crippen LogP contribution in [-0.2, 0) is 20.7 Å². The number of amides is 2. The molecule has 0 bridgehead atoms. The van der Waals surface area contributed by atoms with Gasteiger partial charge in [-0.3, -0.25) is 35.3 Å². The highest BCUT2D eigenvalue weighted by molar-refractivity contribution is 6.36. The molecule has 2 aromatic carbocycles. The average molecular weight is 426 g/mol. The summed E-state index contributed by atoms with van der Waals surface area (Å²) in [6.07, 6.45) is -0.221. The summed E-state index contributed by atoms with van der Waals surface area (Å²) in [7, 11) is 0. The van der Waals surface area contributed by atoms with Crippen LogP contribution in [-0.4, -0.2) is 29.3 Å². The Kier molecular flexibility index (Phi) is 7.30. The molecule has 146 valence electrons.